The van der Waals surface area contributed by atoms with Crippen molar-refractivity contribution in [3.63, 3.8) is 0 Å². The Morgan fingerprint density at radius 2 is 1.56 bits per heavy atom. The molecule has 0 radical (unpaired) electrons. The molecule has 1 heterocycles. The van der Waals surface area contributed by atoms with E-state index in [1.165, 1.54) is 6.42 Å². The third kappa shape index (κ3) is 12.9. The lowest BCUT2D eigenvalue weighted by Gasteiger charge is -2.32. The molecule has 11 heteroatoms. The van der Waals surface area contributed by atoms with Crippen molar-refractivity contribution in [1.29, 1.82) is 0 Å². The summed E-state index contributed by atoms with van der Waals surface area (Å²) in [6, 6.07) is 12.7. The molecule has 0 saturated heterocycles. The van der Waals surface area contributed by atoms with Crippen molar-refractivity contribution in [1.82, 2.24) is 21.3 Å². The molecule has 1 aliphatic heterocycles. The van der Waals surface area contributed by atoms with Crippen LogP contribution in [0.3, 0.4) is 0 Å². The number of amides is 4. The lowest BCUT2D eigenvalue weighted by Crippen LogP contribution is -2.57. The largest absolute Gasteiger partial charge is 0.493 e. The van der Waals surface area contributed by atoms with Crippen molar-refractivity contribution in [2.75, 3.05) is 13.2 Å². The Labute approximate surface area is 309 Å². The fourth-order valence-corrected chi connectivity index (χ4v) is 7.24. The second-order valence-electron chi connectivity index (χ2n) is 15.6. The van der Waals surface area contributed by atoms with E-state index in [2.05, 4.69) is 21.3 Å². The van der Waals surface area contributed by atoms with E-state index in [0.29, 0.717) is 38.5 Å². The van der Waals surface area contributed by atoms with Crippen LogP contribution in [-0.2, 0) is 32.1 Å². The van der Waals surface area contributed by atoms with Gasteiger partial charge in [-0.05, 0) is 47.8 Å². The number of benzene rings is 2. The highest BCUT2D eigenvalue weighted by atomic mass is 16.5. The summed E-state index contributed by atoms with van der Waals surface area (Å²) in [4.78, 5) is 54.3. The van der Waals surface area contributed by atoms with Gasteiger partial charge >= 0.3 is 0 Å². The Morgan fingerprint density at radius 1 is 0.846 bits per heavy atom. The molecule has 11 nitrogen and oxygen atoms in total. The molecule has 2 aromatic carbocycles. The number of aliphatic hydroxyl groups excluding tert-OH is 1. The van der Waals surface area contributed by atoms with Gasteiger partial charge in [0.2, 0.25) is 23.6 Å². The number of hydrogen-bond acceptors (Lipinski definition) is 7. The maximum absolute atomic E-state index is 14.1. The first-order valence-electron chi connectivity index (χ1n) is 19.3. The average molecular weight is 720 g/mol. The van der Waals surface area contributed by atoms with E-state index in [4.69, 9.17) is 10.5 Å². The summed E-state index contributed by atoms with van der Waals surface area (Å²) in [7, 11) is 0. The van der Waals surface area contributed by atoms with E-state index in [9.17, 15) is 24.3 Å². The van der Waals surface area contributed by atoms with Crippen LogP contribution < -0.4 is 31.7 Å². The monoisotopic (exact) mass is 719 g/mol. The zero-order valence-corrected chi connectivity index (χ0v) is 31.5. The highest BCUT2D eigenvalue weighted by Crippen LogP contribution is 2.36. The Hall–Kier alpha value is -3.96. The average Bonchev–Trinajstić information content (AvgIpc) is 3.51. The normalized spacial score (nSPS) is 18.1. The van der Waals surface area contributed by atoms with Gasteiger partial charge in [0.1, 0.15) is 17.8 Å². The smallest absolute Gasteiger partial charge is 0.243 e. The topological polar surface area (TPSA) is 172 Å². The van der Waals surface area contributed by atoms with Gasteiger partial charge in [-0.2, -0.15) is 0 Å². The van der Waals surface area contributed by atoms with E-state index >= 15 is 0 Å². The predicted octanol–water partition coefficient (Wildman–Crippen LogP) is 4.25. The number of hydrogen-bond donors (Lipinski definition) is 6. The van der Waals surface area contributed by atoms with Gasteiger partial charge in [-0.1, -0.05) is 102 Å². The third-order valence-electron chi connectivity index (χ3n) is 10.1. The molecule has 1 aliphatic carbocycles. The van der Waals surface area contributed by atoms with Crippen LogP contribution in [-0.4, -0.2) is 66.1 Å². The molecule has 0 spiro atoms. The molecule has 1 saturated carbocycles. The van der Waals surface area contributed by atoms with Crippen LogP contribution in [0.5, 0.6) is 5.75 Å². The van der Waals surface area contributed by atoms with Crippen LogP contribution >= 0.6 is 0 Å². The van der Waals surface area contributed by atoms with Crippen LogP contribution in [0.25, 0.3) is 0 Å². The highest BCUT2D eigenvalue weighted by Gasteiger charge is 2.33. The van der Waals surface area contributed by atoms with Gasteiger partial charge in [-0.3, -0.25) is 19.2 Å². The molecule has 2 aliphatic rings. The Balaban J connectivity index is 1.48. The Morgan fingerprint density at radius 3 is 2.23 bits per heavy atom. The SMILES string of the molecule is CC(C)CNC(=O)C[C@H](O)[C@H](CC1CCCCC1)NC(=O)[C@H](CC(C)C)NC(=O)[C@H](Cc1ccccc1)NC(=O)CC1COc2ccc(CN)cc21. The number of nitrogens with two attached hydrogens (primary N) is 1. The molecule has 0 aromatic heterocycles. The molecule has 4 rings (SSSR count). The third-order valence-corrected chi connectivity index (χ3v) is 10.1. The lowest BCUT2D eigenvalue weighted by atomic mass is 9.83. The van der Waals surface area contributed by atoms with Gasteiger partial charge in [-0.25, -0.2) is 0 Å². The zero-order valence-electron chi connectivity index (χ0n) is 31.5. The van der Waals surface area contributed by atoms with Crippen LogP contribution in [0.2, 0.25) is 0 Å². The molecule has 286 valence electrons. The summed E-state index contributed by atoms with van der Waals surface area (Å²) < 4.78 is 5.83. The van der Waals surface area contributed by atoms with Gasteiger partial charge in [0.05, 0.1) is 25.2 Å². The minimum atomic E-state index is -1.08. The molecule has 7 N–H and O–H groups in total. The number of fused-ring (bicyclic) bond motifs is 1. The molecule has 2 aromatic rings. The summed E-state index contributed by atoms with van der Waals surface area (Å²) >= 11 is 0. The van der Waals surface area contributed by atoms with Crippen LogP contribution in [0.4, 0.5) is 0 Å². The zero-order chi connectivity index (χ0) is 37.6. The first kappa shape index (κ1) is 40.8. The second-order valence-corrected chi connectivity index (χ2v) is 15.6. The number of ether oxygens (including phenoxy) is 1. The first-order valence-corrected chi connectivity index (χ1v) is 19.3. The quantitative estimate of drug-likeness (QED) is 0.126. The fourth-order valence-electron chi connectivity index (χ4n) is 7.24. The van der Waals surface area contributed by atoms with Crippen LogP contribution in [0, 0.1) is 17.8 Å². The number of carbonyl (C=O) groups excluding carboxylic acids is 4. The van der Waals surface area contributed by atoms with Gasteiger partial charge in [0.25, 0.3) is 0 Å². The fraction of sp³-hybridized carbons (Fsp3) is 0.610. The van der Waals surface area contributed by atoms with E-state index in [1.807, 2.05) is 76.2 Å². The highest BCUT2D eigenvalue weighted by molar-refractivity contribution is 5.92. The summed E-state index contributed by atoms with van der Waals surface area (Å²) in [5, 5.41) is 23.1. The molecular formula is C41H61N5O6. The summed E-state index contributed by atoms with van der Waals surface area (Å²) in [5.74, 6) is -0.227. The minimum absolute atomic E-state index is 0.0580. The van der Waals surface area contributed by atoms with Crippen molar-refractivity contribution >= 4 is 23.6 Å². The molecule has 5 atom stereocenters. The van der Waals surface area contributed by atoms with E-state index in [1.54, 1.807) is 0 Å². The van der Waals surface area contributed by atoms with Crippen molar-refractivity contribution in [3.05, 3.63) is 65.2 Å². The summed E-state index contributed by atoms with van der Waals surface area (Å²) in [6.45, 7) is 9.19. The molecule has 4 amide bonds. The van der Waals surface area contributed by atoms with Crippen LogP contribution in [0.1, 0.15) is 108 Å². The van der Waals surface area contributed by atoms with Gasteiger partial charge in [0, 0.05) is 37.4 Å². The van der Waals surface area contributed by atoms with Gasteiger partial charge in [0.15, 0.2) is 0 Å². The van der Waals surface area contributed by atoms with E-state index < -0.39 is 36.0 Å². The molecule has 1 fully saturated rings. The standard InChI is InChI=1S/C41H61N5O6/c1-26(2)17-34(40(50)45-33(19-28-11-7-5-8-12-28)36(47)22-38(48)43-24-27(3)4)46-41(51)35(20-29-13-9-6-10-14-29)44-39(49)21-31-25-52-37-16-15-30(23-42)18-32(31)37/h6,9-10,13-16,18,26-28,31,33-36,47H,5,7-8,11-12,17,19-25,42H2,1-4H3,(H,43,48)(H,44,49)(H,45,50)(H,46,51)/t31?,33-,34-,35-,36-/m0/s1. The maximum Gasteiger partial charge on any atom is 0.243 e. The van der Waals surface area contributed by atoms with E-state index in [-0.39, 0.29) is 48.8 Å². The van der Waals surface area contributed by atoms with E-state index in [0.717, 1.165) is 48.1 Å². The lowest BCUT2D eigenvalue weighted by molar-refractivity contribution is -0.133. The van der Waals surface area contributed by atoms with Crippen molar-refractivity contribution in [2.45, 2.75) is 129 Å². The van der Waals surface area contributed by atoms with Gasteiger partial charge in [-0.15, -0.1) is 0 Å². The van der Waals surface area contributed by atoms with Crippen molar-refractivity contribution in [2.24, 2.45) is 23.5 Å². The molecule has 52 heavy (non-hydrogen) atoms. The Kier molecular flexibility index (Phi) is 15.9. The number of carbonyl (C=O) groups is 4. The van der Waals surface area contributed by atoms with Crippen molar-refractivity contribution < 1.29 is 29.0 Å². The molecule has 0 bridgehead atoms. The Bertz CT molecular complexity index is 1460. The number of aliphatic hydroxyl groups is 1. The van der Waals surface area contributed by atoms with Crippen LogP contribution in [0.15, 0.2) is 48.5 Å². The van der Waals surface area contributed by atoms with Crippen molar-refractivity contribution in [3.8, 4) is 5.75 Å². The number of nitrogens with one attached hydrogen (secondary N) is 4. The molecule has 1 unspecified atom stereocenters. The molecular weight excluding hydrogens is 658 g/mol. The maximum atomic E-state index is 14.1. The summed E-state index contributed by atoms with van der Waals surface area (Å²) in [5.41, 5.74) is 8.60. The number of rotatable bonds is 19. The minimum Gasteiger partial charge on any atom is -0.493 e. The second kappa shape index (κ2) is 20.3. The van der Waals surface area contributed by atoms with Gasteiger partial charge < -0.3 is 36.8 Å². The summed E-state index contributed by atoms with van der Waals surface area (Å²) in [6.07, 6.45) is 5.47. The first-order chi connectivity index (χ1) is 24.9. The predicted molar refractivity (Wildman–Crippen MR) is 202 cm³/mol.